The Labute approximate surface area is 238 Å². The number of hydrogen-bond acceptors (Lipinski definition) is 7. The average Bonchev–Trinajstić information content (AvgIpc) is 3.01. The Kier molecular flexibility index (Phi) is 6.54. The molecule has 2 bridgehead atoms. The van der Waals surface area contributed by atoms with Crippen LogP contribution in [0.25, 0.3) is 5.57 Å². The summed E-state index contributed by atoms with van der Waals surface area (Å²) in [5.41, 5.74) is 2.27. The maximum atomic E-state index is 13.7. The molecule has 2 unspecified atom stereocenters. The zero-order chi connectivity index (χ0) is 28.8. The molecule has 0 aliphatic heterocycles. The van der Waals surface area contributed by atoms with E-state index in [-0.39, 0.29) is 0 Å². The van der Waals surface area contributed by atoms with Gasteiger partial charge in [0, 0.05) is 18.1 Å². The standard InChI is InChI=1S/C34H30O7/c1-33-20-8-7-11-27(33)28-25-9-5-6-10-26(25)34(33,39-4)30(41-32(36)22-14-18-24(38-3)19-15-22)29(28)40-31(35)21-12-16-23(37-2)17-13-21/h5-20,29-30H,1-4H3/t29-,30-,33?,34?/m0/s1. The third kappa shape index (κ3) is 3.91. The summed E-state index contributed by atoms with van der Waals surface area (Å²) in [6, 6.07) is 21.2. The highest BCUT2D eigenvalue weighted by atomic mass is 16.6. The molecule has 41 heavy (non-hydrogen) atoms. The van der Waals surface area contributed by atoms with E-state index in [4.69, 9.17) is 23.7 Å². The van der Waals surface area contributed by atoms with Crippen LogP contribution >= 0.6 is 0 Å². The number of carbonyl (C=O) groups is 2. The summed E-state index contributed by atoms with van der Waals surface area (Å²) < 4.78 is 29.6. The highest BCUT2D eigenvalue weighted by Crippen LogP contribution is 2.65. The number of hydrogen-bond donors (Lipinski definition) is 0. The van der Waals surface area contributed by atoms with Crippen molar-refractivity contribution in [3.8, 4) is 11.5 Å². The predicted octanol–water partition coefficient (Wildman–Crippen LogP) is 5.91. The Morgan fingerprint density at radius 2 is 1.32 bits per heavy atom. The van der Waals surface area contributed by atoms with E-state index >= 15 is 0 Å². The highest BCUT2D eigenvalue weighted by Gasteiger charge is 2.68. The maximum absolute atomic E-state index is 13.7. The monoisotopic (exact) mass is 550 g/mol. The number of allylic oxidation sites excluding steroid dienone is 3. The molecule has 7 heteroatoms. The van der Waals surface area contributed by atoms with Gasteiger partial charge in [0.25, 0.3) is 0 Å². The number of esters is 2. The largest absolute Gasteiger partial charge is 0.497 e. The predicted molar refractivity (Wildman–Crippen MR) is 153 cm³/mol. The van der Waals surface area contributed by atoms with Gasteiger partial charge in [-0.3, -0.25) is 0 Å². The highest BCUT2D eigenvalue weighted by molar-refractivity contribution is 5.94. The molecule has 0 aromatic heterocycles. The first-order chi connectivity index (χ1) is 19.9. The van der Waals surface area contributed by atoms with E-state index in [0.29, 0.717) is 22.6 Å². The molecule has 0 fully saturated rings. The Morgan fingerprint density at radius 3 is 1.90 bits per heavy atom. The van der Waals surface area contributed by atoms with E-state index in [1.54, 1.807) is 69.9 Å². The van der Waals surface area contributed by atoms with Gasteiger partial charge in [-0.05, 0) is 72.2 Å². The fourth-order valence-electron chi connectivity index (χ4n) is 6.47. The van der Waals surface area contributed by atoms with Crippen LogP contribution in [0.5, 0.6) is 11.5 Å². The lowest BCUT2D eigenvalue weighted by Crippen LogP contribution is -2.66. The molecule has 4 aliphatic rings. The molecular weight excluding hydrogens is 520 g/mol. The minimum Gasteiger partial charge on any atom is -0.497 e. The number of rotatable bonds is 7. The van der Waals surface area contributed by atoms with Crippen molar-refractivity contribution in [2.75, 3.05) is 21.3 Å². The van der Waals surface area contributed by atoms with Gasteiger partial charge >= 0.3 is 11.9 Å². The van der Waals surface area contributed by atoms with E-state index in [2.05, 4.69) is 13.0 Å². The molecule has 208 valence electrons. The second-order valence-corrected chi connectivity index (χ2v) is 10.3. The van der Waals surface area contributed by atoms with Crippen LogP contribution in [0.15, 0.2) is 103 Å². The third-order valence-electron chi connectivity index (χ3n) is 8.44. The van der Waals surface area contributed by atoms with Gasteiger partial charge in [0.2, 0.25) is 0 Å². The van der Waals surface area contributed by atoms with Crippen molar-refractivity contribution >= 4 is 17.5 Å². The van der Waals surface area contributed by atoms with Gasteiger partial charge in [0.15, 0.2) is 12.2 Å². The fraction of sp³-hybridized carbons (Fsp3) is 0.235. The van der Waals surface area contributed by atoms with Crippen molar-refractivity contribution in [2.45, 2.75) is 24.7 Å². The summed E-state index contributed by atoms with van der Waals surface area (Å²) in [7, 11) is 4.73. The van der Waals surface area contributed by atoms with Crippen LogP contribution in [-0.4, -0.2) is 45.5 Å². The van der Waals surface area contributed by atoms with E-state index < -0.39 is 35.2 Å². The van der Waals surface area contributed by atoms with Gasteiger partial charge in [-0.25, -0.2) is 9.59 Å². The topological polar surface area (TPSA) is 80.3 Å². The van der Waals surface area contributed by atoms with Crippen LogP contribution in [0.4, 0.5) is 0 Å². The molecule has 0 spiro atoms. The van der Waals surface area contributed by atoms with Gasteiger partial charge in [-0.2, -0.15) is 0 Å². The van der Waals surface area contributed by atoms with Crippen LogP contribution in [0, 0.1) is 5.41 Å². The minimum absolute atomic E-state index is 0.338. The first-order valence-corrected chi connectivity index (χ1v) is 13.3. The van der Waals surface area contributed by atoms with Crippen LogP contribution in [-0.2, 0) is 19.8 Å². The van der Waals surface area contributed by atoms with Gasteiger partial charge in [-0.15, -0.1) is 0 Å². The molecule has 0 heterocycles. The van der Waals surface area contributed by atoms with Crippen molar-refractivity contribution in [3.05, 3.63) is 125 Å². The average molecular weight is 551 g/mol. The van der Waals surface area contributed by atoms with Crippen LogP contribution in [0.2, 0.25) is 0 Å². The molecule has 3 aromatic rings. The maximum Gasteiger partial charge on any atom is 0.338 e. The molecular formula is C34H30O7. The second kappa shape index (κ2) is 10.1. The summed E-state index contributed by atoms with van der Waals surface area (Å²) >= 11 is 0. The van der Waals surface area contributed by atoms with E-state index in [0.717, 1.165) is 22.3 Å². The summed E-state index contributed by atoms with van der Waals surface area (Å²) in [4.78, 5) is 27.3. The van der Waals surface area contributed by atoms with Crippen molar-refractivity contribution in [1.82, 2.24) is 0 Å². The number of methoxy groups -OCH3 is 3. The van der Waals surface area contributed by atoms with Gasteiger partial charge in [-0.1, -0.05) is 48.6 Å². The number of carbonyl (C=O) groups excluding carboxylic acids is 2. The summed E-state index contributed by atoms with van der Waals surface area (Å²) in [5, 5.41) is 0. The molecule has 4 aliphatic carbocycles. The summed E-state index contributed by atoms with van der Waals surface area (Å²) in [6.45, 7) is 2.07. The molecule has 7 nitrogen and oxygen atoms in total. The number of benzene rings is 3. The first kappa shape index (κ1) is 26.6. The fourth-order valence-corrected chi connectivity index (χ4v) is 6.47. The minimum atomic E-state index is -1.20. The lowest BCUT2D eigenvalue weighted by atomic mass is 9.50. The smallest absolute Gasteiger partial charge is 0.338 e. The van der Waals surface area contributed by atoms with Crippen LogP contribution < -0.4 is 9.47 Å². The van der Waals surface area contributed by atoms with Gasteiger partial charge in [0.1, 0.15) is 17.1 Å². The van der Waals surface area contributed by atoms with Crippen molar-refractivity contribution in [2.24, 2.45) is 5.41 Å². The quantitative estimate of drug-likeness (QED) is 0.339. The SMILES string of the molecule is COc1ccc(C(=O)O[C@H]2C3=C4C=CC=CC4(C)C(OC)(c4ccccc43)[C@H]2OC(=O)c2ccc(OC)cc2)cc1. The van der Waals surface area contributed by atoms with E-state index in [1.165, 1.54) is 0 Å². The Morgan fingerprint density at radius 1 is 0.732 bits per heavy atom. The van der Waals surface area contributed by atoms with E-state index in [9.17, 15) is 9.59 Å². The first-order valence-electron chi connectivity index (χ1n) is 13.3. The van der Waals surface area contributed by atoms with E-state index in [1.807, 2.05) is 42.5 Å². The Bertz CT molecular complexity index is 1600. The Hall–Kier alpha value is -4.62. The molecule has 0 N–H and O–H groups in total. The molecule has 7 rings (SSSR count). The van der Waals surface area contributed by atoms with Crippen molar-refractivity contribution in [3.63, 3.8) is 0 Å². The summed E-state index contributed by atoms with van der Waals surface area (Å²) in [5.74, 6) is 0.125. The zero-order valence-electron chi connectivity index (χ0n) is 23.3. The van der Waals surface area contributed by atoms with Gasteiger partial charge < -0.3 is 23.7 Å². The molecule has 4 atom stereocenters. The lowest BCUT2D eigenvalue weighted by Gasteiger charge is -2.60. The van der Waals surface area contributed by atoms with Gasteiger partial charge in [0.05, 0.1) is 25.3 Å². The number of ether oxygens (including phenoxy) is 5. The number of fused-ring (bicyclic) bond motifs is 1. The van der Waals surface area contributed by atoms with Crippen molar-refractivity contribution < 1.29 is 33.3 Å². The molecule has 0 radical (unpaired) electrons. The summed E-state index contributed by atoms with van der Waals surface area (Å²) in [6.07, 6.45) is 6.07. The molecule has 0 amide bonds. The van der Waals surface area contributed by atoms with Crippen LogP contribution in [0.1, 0.15) is 38.8 Å². The molecule has 3 aromatic carbocycles. The Balaban J connectivity index is 1.51. The third-order valence-corrected chi connectivity index (χ3v) is 8.44. The normalized spacial score (nSPS) is 25.3. The molecule has 0 saturated carbocycles. The van der Waals surface area contributed by atoms with Crippen LogP contribution in [0.3, 0.4) is 0 Å². The van der Waals surface area contributed by atoms with Crippen molar-refractivity contribution in [1.29, 1.82) is 0 Å². The molecule has 0 saturated heterocycles. The lowest BCUT2D eigenvalue weighted by molar-refractivity contribution is -0.191. The zero-order valence-corrected chi connectivity index (χ0v) is 23.3. The second-order valence-electron chi connectivity index (χ2n) is 10.3.